The highest BCUT2D eigenvalue weighted by atomic mass is 14.9. The summed E-state index contributed by atoms with van der Waals surface area (Å²) >= 11 is 0. The van der Waals surface area contributed by atoms with Crippen molar-refractivity contribution < 1.29 is 4.57 Å². The summed E-state index contributed by atoms with van der Waals surface area (Å²) in [5.74, 6) is 0.719. The highest BCUT2D eigenvalue weighted by Crippen LogP contribution is 2.43. The topological polar surface area (TPSA) is 3.88 Å². The molecular weight excluding hydrogens is 362 g/mol. The van der Waals surface area contributed by atoms with E-state index in [0.717, 1.165) is 18.8 Å². The number of pyridine rings is 1. The van der Waals surface area contributed by atoms with Crippen LogP contribution in [-0.4, -0.2) is 0 Å². The zero-order chi connectivity index (χ0) is 21.5. The molecule has 1 aromatic heterocycles. The Morgan fingerprint density at radius 1 is 0.967 bits per heavy atom. The van der Waals surface area contributed by atoms with E-state index in [1.165, 1.54) is 70.0 Å². The summed E-state index contributed by atoms with van der Waals surface area (Å²) in [5, 5.41) is 2.75. The van der Waals surface area contributed by atoms with Gasteiger partial charge in [-0.05, 0) is 96.6 Å². The van der Waals surface area contributed by atoms with Crippen molar-refractivity contribution >= 4 is 10.8 Å². The Hall–Kier alpha value is -2.15. The largest absolute Gasteiger partial charge is 0.220 e. The third-order valence-electron chi connectivity index (χ3n) is 7.59. The minimum atomic E-state index is 0.521. The van der Waals surface area contributed by atoms with Gasteiger partial charge in [-0.2, -0.15) is 0 Å². The number of benzene rings is 2. The molecule has 1 fully saturated rings. The molecule has 1 heteroatoms. The smallest absolute Gasteiger partial charge is 0.200 e. The number of hydrogen-bond donors (Lipinski definition) is 0. The maximum Gasteiger partial charge on any atom is 0.220 e. The van der Waals surface area contributed by atoms with Crippen LogP contribution in [0.1, 0.15) is 81.5 Å². The molecule has 30 heavy (non-hydrogen) atoms. The van der Waals surface area contributed by atoms with E-state index in [-0.39, 0.29) is 0 Å². The minimum absolute atomic E-state index is 0.521. The number of nitrogens with zero attached hydrogens (tertiary/aromatic N) is 1. The first kappa shape index (κ1) is 21.1. The summed E-state index contributed by atoms with van der Waals surface area (Å²) in [5.41, 5.74) is 9.14. The van der Waals surface area contributed by atoms with Gasteiger partial charge in [0.2, 0.25) is 5.69 Å². The van der Waals surface area contributed by atoms with Crippen LogP contribution in [-0.2, 0) is 19.9 Å². The van der Waals surface area contributed by atoms with Gasteiger partial charge >= 0.3 is 0 Å². The number of aryl methyl sites for hydroxylation is 3. The van der Waals surface area contributed by atoms with Gasteiger partial charge in [0.25, 0.3) is 0 Å². The molecule has 158 valence electrons. The Balaban J connectivity index is 1.82. The van der Waals surface area contributed by atoms with Crippen LogP contribution >= 0.6 is 0 Å². The molecule has 0 spiro atoms. The van der Waals surface area contributed by atoms with E-state index in [1.807, 2.05) is 0 Å². The third-order valence-corrected chi connectivity index (χ3v) is 7.59. The molecule has 0 bridgehead atoms. The summed E-state index contributed by atoms with van der Waals surface area (Å²) in [6.45, 7) is 11.7. The van der Waals surface area contributed by atoms with Crippen molar-refractivity contribution in [2.24, 2.45) is 12.5 Å². The molecular formula is C29H38N+. The van der Waals surface area contributed by atoms with Gasteiger partial charge < -0.3 is 0 Å². The summed E-state index contributed by atoms with van der Waals surface area (Å²) in [7, 11) is 2.19. The van der Waals surface area contributed by atoms with Crippen molar-refractivity contribution in [3.63, 3.8) is 0 Å². The van der Waals surface area contributed by atoms with E-state index in [2.05, 4.69) is 88.8 Å². The van der Waals surface area contributed by atoms with Crippen LogP contribution in [0.4, 0.5) is 0 Å². The Morgan fingerprint density at radius 2 is 1.70 bits per heavy atom. The standard InChI is InChI=1S/C29H38N/c1-7-21-17-22(8-2)20(3)27(18-21)28-26-10-9-24(19-25(26)13-16-30(28)6)23-11-14-29(4,5)15-12-23/h9-10,13,16-19,23H,7-8,11-12,14-15H2,1-6H3/q+1. The molecule has 3 aromatic rings. The fraction of sp³-hybridized carbons (Fsp3) is 0.483. The molecule has 0 aliphatic heterocycles. The maximum atomic E-state index is 2.47. The number of aromatic nitrogens is 1. The maximum absolute atomic E-state index is 2.47. The minimum Gasteiger partial charge on any atom is -0.200 e. The summed E-state index contributed by atoms with van der Waals surface area (Å²) in [6, 6.07) is 14.4. The highest BCUT2D eigenvalue weighted by Gasteiger charge is 2.28. The quantitative estimate of drug-likeness (QED) is 0.400. The van der Waals surface area contributed by atoms with Gasteiger partial charge in [0.15, 0.2) is 6.20 Å². The predicted molar refractivity (Wildman–Crippen MR) is 129 cm³/mol. The van der Waals surface area contributed by atoms with Crippen molar-refractivity contribution in [3.05, 3.63) is 64.8 Å². The van der Waals surface area contributed by atoms with E-state index in [4.69, 9.17) is 0 Å². The molecule has 0 unspecified atom stereocenters. The fourth-order valence-corrected chi connectivity index (χ4v) is 5.37. The zero-order valence-corrected chi connectivity index (χ0v) is 19.8. The van der Waals surface area contributed by atoms with E-state index < -0.39 is 0 Å². The van der Waals surface area contributed by atoms with Crippen molar-refractivity contribution in [1.29, 1.82) is 0 Å². The van der Waals surface area contributed by atoms with Gasteiger partial charge in [0, 0.05) is 6.07 Å². The molecule has 1 nitrogen and oxygen atoms in total. The first-order valence-electron chi connectivity index (χ1n) is 11.9. The first-order chi connectivity index (χ1) is 14.3. The average molecular weight is 401 g/mol. The average Bonchev–Trinajstić information content (AvgIpc) is 2.74. The van der Waals surface area contributed by atoms with Crippen LogP contribution in [0, 0.1) is 12.3 Å². The molecule has 1 aliphatic rings. The predicted octanol–water partition coefficient (Wildman–Crippen LogP) is 7.45. The molecule has 0 radical (unpaired) electrons. The lowest BCUT2D eigenvalue weighted by Crippen LogP contribution is -2.31. The van der Waals surface area contributed by atoms with Gasteiger partial charge in [-0.1, -0.05) is 45.9 Å². The van der Waals surface area contributed by atoms with Crippen LogP contribution < -0.4 is 4.57 Å². The van der Waals surface area contributed by atoms with Crippen LogP contribution in [0.25, 0.3) is 22.0 Å². The number of hydrogen-bond acceptors (Lipinski definition) is 0. The van der Waals surface area contributed by atoms with E-state index in [1.54, 1.807) is 0 Å². The zero-order valence-electron chi connectivity index (χ0n) is 19.8. The lowest BCUT2D eigenvalue weighted by molar-refractivity contribution is -0.659. The van der Waals surface area contributed by atoms with E-state index >= 15 is 0 Å². The van der Waals surface area contributed by atoms with Crippen LogP contribution in [0.15, 0.2) is 42.6 Å². The van der Waals surface area contributed by atoms with Crippen molar-refractivity contribution in [2.45, 2.75) is 79.1 Å². The van der Waals surface area contributed by atoms with Crippen LogP contribution in [0.3, 0.4) is 0 Å². The SMILES string of the molecule is CCc1cc(CC)c(C)c(-c2c3ccc(C4CCC(C)(C)CC4)cc3cc[n+]2C)c1. The second-order valence-corrected chi connectivity index (χ2v) is 10.2. The molecule has 4 rings (SSSR count). The molecule has 2 aromatic carbocycles. The van der Waals surface area contributed by atoms with Gasteiger partial charge in [-0.15, -0.1) is 0 Å². The van der Waals surface area contributed by atoms with Crippen molar-refractivity contribution in [2.75, 3.05) is 0 Å². The second-order valence-electron chi connectivity index (χ2n) is 10.2. The fourth-order valence-electron chi connectivity index (χ4n) is 5.37. The lowest BCUT2D eigenvalue weighted by atomic mass is 9.71. The lowest BCUT2D eigenvalue weighted by Gasteiger charge is -2.34. The molecule has 0 amide bonds. The van der Waals surface area contributed by atoms with Gasteiger partial charge in [-0.3, -0.25) is 0 Å². The Kier molecular flexibility index (Phi) is 5.75. The number of rotatable bonds is 4. The van der Waals surface area contributed by atoms with E-state index in [9.17, 15) is 0 Å². The summed E-state index contributed by atoms with van der Waals surface area (Å²) in [4.78, 5) is 0. The summed E-state index contributed by atoms with van der Waals surface area (Å²) < 4.78 is 2.31. The van der Waals surface area contributed by atoms with Crippen molar-refractivity contribution in [3.8, 4) is 11.3 Å². The Bertz CT molecular complexity index is 1060. The van der Waals surface area contributed by atoms with Crippen molar-refractivity contribution in [1.82, 2.24) is 0 Å². The normalized spacial score (nSPS) is 16.9. The molecule has 0 atom stereocenters. The first-order valence-corrected chi connectivity index (χ1v) is 11.9. The van der Waals surface area contributed by atoms with Gasteiger partial charge in [-0.25, -0.2) is 4.57 Å². The van der Waals surface area contributed by atoms with Crippen LogP contribution in [0.2, 0.25) is 0 Å². The second kappa shape index (κ2) is 8.17. The highest BCUT2D eigenvalue weighted by molar-refractivity contribution is 5.94. The van der Waals surface area contributed by atoms with E-state index in [0.29, 0.717) is 5.41 Å². The molecule has 0 saturated heterocycles. The Morgan fingerprint density at radius 3 is 2.37 bits per heavy atom. The number of fused-ring (bicyclic) bond motifs is 1. The molecule has 1 saturated carbocycles. The van der Waals surface area contributed by atoms with Crippen LogP contribution in [0.5, 0.6) is 0 Å². The Labute approximate surface area is 183 Å². The van der Waals surface area contributed by atoms with Gasteiger partial charge in [0.1, 0.15) is 7.05 Å². The molecule has 1 aliphatic carbocycles. The molecule has 1 heterocycles. The van der Waals surface area contributed by atoms with Gasteiger partial charge in [0.05, 0.1) is 10.9 Å². The molecule has 0 N–H and O–H groups in total. The third kappa shape index (κ3) is 3.92. The summed E-state index contributed by atoms with van der Waals surface area (Å²) in [6.07, 6.45) is 9.74. The monoisotopic (exact) mass is 400 g/mol.